The van der Waals surface area contributed by atoms with Gasteiger partial charge in [-0.3, -0.25) is 9.59 Å². The van der Waals surface area contributed by atoms with E-state index in [1.54, 1.807) is 6.92 Å². The topological polar surface area (TPSA) is 129 Å². The number of nitrogens with zero attached hydrogens (tertiary/aromatic N) is 1. The first-order valence-electron chi connectivity index (χ1n) is 9.44. The third-order valence-electron chi connectivity index (χ3n) is 4.87. The van der Waals surface area contributed by atoms with Crippen molar-refractivity contribution in [1.82, 2.24) is 15.2 Å². The summed E-state index contributed by atoms with van der Waals surface area (Å²) in [6, 6.07) is 6.81. The van der Waals surface area contributed by atoms with Crippen molar-refractivity contribution < 1.29 is 19.5 Å². The number of aromatic nitrogens is 1. The molecule has 8 nitrogen and oxygen atoms in total. The second-order valence-corrected chi connectivity index (χ2v) is 6.77. The van der Waals surface area contributed by atoms with Crippen molar-refractivity contribution in [3.05, 3.63) is 36.0 Å². The highest BCUT2D eigenvalue weighted by Crippen LogP contribution is 2.17. The summed E-state index contributed by atoms with van der Waals surface area (Å²) >= 11 is 0. The van der Waals surface area contributed by atoms with Crippen molar-refractivity contribution in [2.45, 2.75) is 45.2 Å². The summed E-state index contributed by atoms with van der Waals surface area (Å²) in [5, 5.41) is 12.6. The molecular weight excluding hydrogens is 360 g/mol. The maximum Gasteiger partial charge on any atom is 0.326 e. The normalized spacial score (nSPS) is 17.0. The Labute approximate surface area is 164 Å². The zero-order valence-corrected chi connectivity index (χ0v) is 16.3. The molecule has 0 bridgehead atoms. The van der Waals surface area contributed by atoms with E-state index in [0.29, 0.717) is 19.4 Å². The Kier molecular flexibility index (Phi) is 7.57. The van der Waals surface area contributed by atoms with Gasteiger partial charge in [0, 0.05) is 23.6 Å². The van der Waals surface area contributed by atoms with Gasteiger partial charge in [0.2, 0.25) is 11.8 Å². The minimum Gasteiger partial charge on any atom is -0.480 e. The molecule has 1 saturated heterocycles. The number of amides is 2. The number of nitrogens with one attached hydrogen (secondary N) is 2. The number of benzene rings is 1. The molecule has 152 valence electrons. The number of fused-ring (bicyclic) bond motifs is 1. The molecule has 1 fully saturated rings. The molecule has 0 radical (unpaired) electrons. The average molecular weight is 388 g/mol. The van der Waals surface area contributed by atoms with Crippen LogP contribution in [-0.2, 0) is 14.4 Å². The number of carbonyl (C=O) groups excluding carboxylic acids is 2. The largest absolute Gasteiger partial charge is 0.480 e. The van der Waals surface area contributed by atoms with Crippen molar-refractivity contribution in [3.8, 4) is 0 Å². The SMILES string of the molecule is CCC(NC(=O)C1CCCN1C(=O)CN)C(=O)O.Cc1c[nH]c2ccccc12. The van der Waals surface area contributed by atoms with E-state index in [2.05, 4.69) is 35.4 Å². The summed E-state index contributed by atoms with van der Waals surface area (Å²) < 4.78 is 0. The van der Waals surface area contributed by atoms with Crippen molar-refractivity contribution in [2.24, 2.45) is 5.73 Å². The van der Waals surface area contributed by atoms with Crippen molar-refractivity contribution >= 4 is 28.7 Å². The summed E-state index contributed by atoms with van der Waals surface area (Å²) in [4.78, 5) is 38.9. The highest BCUT2D eigenvalue weighted by Gasteiger charge is 2.34. The lowest BCUT2D eigenvalue weighted by Crippen LogP contribution is -2.51. The van der Waals surface area contributed by atoms with Gasteiger partial charge in [-0.15, -0.1) is 0 Å². The molecule has 0 spiro atoms. The molecule has 1 aliphatic heterocycles. The molecule has 1 aliphatic rings. The Morgan fingerprint density at radius 2 is 2.07 bits per heavy atom. The molecule has 0 aliphatic carbocycles. The van der Waals surface area contributed by atoms with E-state index in [9.17, 15) is 14.4 Å². The quantitative estimate of drug-likeness (QED) is 0.615. The van der Waals surface area contributed by atoms with Gasteiger partial charge in [-0.25, -0.2) is 4.79 Å². The van der Waals surface area contributed by atoms with Crippen LogP contribution in [0.15, 0.2) is 30.5 Å². The average Bonchev–Trinajstić information content (AvgIpc) is 3.33. The summed E-state index contributed by atoms with van der Waals surface area (Å²) in [6.07, 6.45) is 3.62. The minimum absolute atomic E-state index is 0.139. The van der Waals surface area contributed by atoms with Crippen LogP contribution in [0.4, 0.5) is 0 Å². The van der Waals surface area contributed by atoms with Crippen LogP contribution < -0.4 is 11.1 Å². The number of carboxylic acid groups (broad SMARTS) is 1. The monoisotopic (exact) mass is 388 g/mol. The van der Waals surface area contributed by atoms with Gasteiger partial charge in [0.05, 0.1) is 6.54 Å². The number of aromatic amines is 1. The van der Waals surface area contributed by atoms with Crippen LogP contribution in [0.1, 0.15) is 31.7 Å². The fraction of sp³-hybridized carbons (Fsp3) is 0.450. The number of hydrogen-bond acceptors (Lipinski definition) is 4. The highest BCUT2D eigenvalue weighted by molar-refractivity contribution is 5.91. The lowest BCUT2D eigenvalue weighted by atomic mass is 10.1. The first-order valence-corrected chi connectivity index (χ1v) is 9.44. The maximum absolute atomic E-state index is 11.9. The van der Waals surface area contributed by atoms with Gasteiger partial charge in [-0.2, -0.15) is 0 Å². The predicted molar refractivity (Wildman–Crippen MR) is 107 cm³/mol. The molecule has 0 saturated carbocycles. The number of aliphatic carboxylic acids is 1. The molecule has 2 aromatic rings. The molecule has 28 heavy (non-hydrogen) atoms. The Bertz CT molecular complexity index is 832. The minimum atomic E-state index is -1.07. The number of H-pyrrole nitrogens is 1. The molecule has 3 rings (SSSR count). The fourth-order valence-corrected chi connectivity index (χ4v) is 3.28. The van der Waals surface area contributed by atoms with Crippen molar-refractivity contribution in [1.29, 1.82) is 0 Å². The molecule has 5 N–H and O–H groups in total. The molecule has 1 aromatic heterocycles. The molecule has 2 heterocycles. The third-order valence-corrected chi connectivity index (χ3v) is 4.87. The Morgan fingerprint density at radius 3 is 2.68 bits per heavy atom. The smallest absolute Gasteiger partial charge is 0.326 e. The predicted octanol–water partition coefficient (Wildman–Crippen LogP) is 1.39. The molecule has 8 heteroatoms. The number of aryl methyl sites for hydroxylation is 1. The summed E-state index contributed by atoms with van der Waals surface area (Å²) in [5.41, 5.74) is 7.81. The van der Waals surface area contributed by atoms with Crippen LogP contribution in [0.3, 0.4) is 0 Å². The second kappa shape index (κ2) is 9.89. The second-order valence-electron chi connectivity index (χ2n) is 6.77. The Morgan fingerprint density at radius 1 is 1.36 bits per heavy atom. The standard InChI is InChI=1S/C11H19N3O4.C9H9N/c1-2-7(11(17)18)13-10(16)8-4-3-5-14(8)9(15)6-12;1-7-6-10-9-5-3-2-4-8(7)9/h7-8H,2-6,12H2,1H3,(H,13,16)(H,17,18);2-6,10H,1H3. The van der Waals surface area contributed by atoms with E-state index in [4.69, 9.17) is 10.8 Å². The van der Waals surface area contributed by atoms with Gasteiger partial charge in [0.15, 0.2) is 0 Å². The van der Waals surface area contributed by atoms with E-state index in [0.717, 1.165) is 6.42 Å². The number of hydrogen-bond donors (Lipinski definition) is 4. The summed E-state index contributed by atoms with van der Waals surface area (Å²) in [7, 11) is 0. The summed E-state index contributed by atoms with van der Waals surface area (Å²) in [5.74, 6) is -1.76. The summed E-state index contributed by atoms with van der Waals surface area (Å²) in [6.45, 7) is 4.15. The number of rotatable bonds is 5. The van der Waals surface area contributed by atoms with E-state index in [-0.39, 0.29) is 12.5 Å². The number of carbonyl (C=O) groups is 3. The van der Waals surface area contributed by atoms with Crippen LogP contribution >= 0.6 is 0 Å². The number of nitrogens with two attached hydrogens (primary N) is 1. The van der Waals surface area contributed by atoms with E-state index >= 15 is 0 Å². The van der Waals surface area contributed by atoms with Crippen LogP contribution in [0.2, 0.25) is 0 Å². The van der Waals surface area contributed by atoms with Crippen LogP contribution in [0.5, 0.6) is 0 Å². The molecule has 1 aromatic carbocycles. The first kappa shape index (κ1) is 21.4. The van der Waals surface area contributed by atoms with Crippen molar-refractivity contribution in [3.63, 3.8) is 0 Å². The van der Waals surface area contributed by atoms with Gasteiger partial charge in [-0.05, 0) is 37.8 Å². The number of likely N-dealkylation sites (tertiary alicyclic amines) is 1. The maximum atomic E-state index is 11.9. The van der Waals surface area contributed by atoms with Crippen molar-refractivity contribution in [2.75, 3.05) is 13.1 Å². The van der Waals surface area contributed by atoms with Crippen LogP contribution in [0.25, 0.3) is 10.9 Å². The fourth-order valence-electron chi connectivity index (χ4n) is 3.28. The van der Waals surface area contributed by atoms with E-state index in [1.165, 1.54) is 21.4 Å². The van der Waals surface area contributed by atoms with E-state index in [1.807, 2.05) is 12.3 Å². The van der Waals surface area contributed by atoms with Gasteiger partial charge < -0.3 is 26.0 Å². The zero-order chi connectivity index (χ0) is 20.7. The van der Waals surface area contributed by atoms with Gasteiger partial charge in [0.25, 0.3) is 0 Å². The van der Waals surface area contributed by atoms with Gasteiger partial charge in [0.1, 0.15) is 12.1 Å². The molecule has 2 atom stereocenters. The molecule has 2 unspecified atom stereocenters. The van der Waals surface area contributed by atoms with Crippen LogP contribution in [0, 0.1) is 6.92 Å². The Hall–Kier alpha value is -2.87. The van der Waals surface area contributed by atoms with E-state index < -0.39 is 24.0 Å². The lowest BCUT2D eigenvalue weighted by Gasteiger charge is -2.24. The van der Waals surface area contributed by atoms with Gasteiger partial charge in [-0.1, -0.05) is 25.1 Å². The van der Waals surface area contributed by atoms with Crippen LogP contribution in [-0.4, -0.2) is 57.9 Å². The highest BCUT2D eigenvalue weighted by atomic mass is 16.4. The molecule has 2 amide bonds. The first-order chi connectivity index (χ1) is 13.4. The van der Waals surface area contributed by atoms with Gasteiger partial charge >= 0.3 is 5.97 Å². The Balaban J connectivity index is 0.000000233. The molecular formula is C20H28N4O4. The number of para-hydroxylation sites is 1. The lowest BCUT2D eigenvalue weighted by molar-refractivity contribution is -0.143. The zero-order valence-electron chi connectivity index (χ0n) is 16.3. The number of carboxylic acids is 1. The third kappa shape index (κ3) is 5.10.